The highest BCUT2D eigenvalue weighted by Crippen LogP contribution is 2.21. The van der Waals surface area contributed by atoms with Crippen LogP contribution in [0.3, 0.4) is 0 Å². The van der Waals surface area contributed by atoms with E-state index in [-0.39, 0.29) is 12.4 Å². The van der Waals surface area contributed by atoms with Crippen molar-refractivity contribution in [2.24, 2.45) is 0 Å². The highest BCUT2D eigenvalue weighted by Gasteiger charge is 2.01. The molecule has 0 aliphatic carbocycles. The molecule has 0 radical (unpaired) electrons. The average Bonchev–Trinajstić information content (AvgIpc) is 2.52. The predicted octanol–water partition coefficient (Wildman–Crippen LogP) is 4.26. The van der Waals surface area contributed by atoms with Crippen molar-refractivity contribution in [3.8, 4) is 11.1 Å². The third-order valence-corrected chi connectivity index (χ3v) is 3.70. The number of hydrogen-bond acceptors (Lipinski definition) is 2. The number of Topliss-reactive ketones (excluding diaryl/α,β-unsaturated/α-hetero) is 1. The molecule has 2 rings (SSSR count). The number of aliphatic hydroxyl groups excluding tert-OH is 1. The lowest BCUT2D eigenvalue weighted by molar-refractivity contribution is 0.101. The summed E-state index contributed by atoms with van der Waals surface area (Å²) in [4.78, 5) is 11.3. The lowest BCUT2D eigenvalue weighted by atomic mass is 10.00. The maximum Gasteiger partial charge on any atom is 0.159 e. The molecule has 0 saturated heterocycles. The Morgan fingerprint density at radius 1 is 0.857 bits per heavy atom. The van der Waals surface area contributed by atoms with Crippen LogP contribution in [0, 0.1) is 0 Å². The average molecular weight is 282 g/mol. The number of benzene rings is 2. The van der Waals surface area contributed by atoms with Gasteiger partial charge in [0.25, 0.3) is 0 Å². The van der Waals surface area contributed by atoms with E-state index in [4.69, 9.17) is 5.11 Å². The highest BCUT2D eigenvalue weighted by atomic mass is 16.2. The molecule has 110 valence electrons. The summed E-state index contributed by atoms with van der Waals surface area (Å²) in [5.74, 6) is 0.0970. The molecule has 1 N–H and O–H groups in total. The van der Waals surface area contributed by atoms with Gasteiger partial charge in [-0.05, 0) is 42.9 Å². The zero-order valence-corrected chi connectivity index (χ0v) is 12.5. The smallest absolute Gasteiger partial charge is 0.159 e. The highest BCUT2D eigenvalue weighted by molar-refractivity contribution is 5.94. The van der Waals surface area contributed by atoms with Gasteiger partial charge in [-0.25, -0.2) is 0 Å². The molecule has 2 heteroatoms. The molecule has 0 unspecified atom stereocenters. The largest absolute Gasteiger partial charge is 0.396 e. The predicted molar refractivity (Wildman–Crippen MR) is 86.5 cm³/mol. The van der Waals surface area contributed by atoms with Gasteiger partial charge in [-0.15, -0.1) is 0 Å². The number of hydrogen-bond donors (Lipinski definition) is 1. The Balaban J connectivity index is 1.99. The van der Waals surface area contributed by atoms with Gasteiger partial charge in [0.15, 0.2) is 5.78 Å². The first kappa shape index (κ1) is 15.5. The second kappa shape index (κ2) is 7.75. The molecular weight excluding hydrogens is 260 g/mol. The van der Waals surface area contributed by atoms with Crippen LogP contribution in [0.5, 0.6) is 0 Å². The van der Waals surface area contributed by atoms with Crippen molar-refractivity contribution in [1.82, 2.24) is 0 Å². The van der Waals surface area contributed by atoms with Crippen LogP contribution < -0.4 is 0 Å². The molecule has 0 fully saturated rings. The Morgan fingerprint density at radius 3 is 1.95 bits per heavy atom. The topological polar surface area (TPSA) is 37.3 Å². The monoisotopic (exact) mass is 282 g/mol. The fraction of sp³-hybridized carbons (Fsp3) is 0.316. The minimum absolute atomic E-state index is 0.0970. The van der Waals surface area contributed by atoms with E-state index >= 15 is 0 Å². The SMILES string of the molecule is CC(=O)c1ccc(-c2ccc(CCCCCO)cc2)cc1. The second-order valence-corrected chi connectivity index (χ2v) is 5.36. The number of ketones is 1. The standard InChI is InChI=1S/C19H22O2/c1-15(21)17-10-12-19(13-11-17)18-8-6-16(7-9-18)5-3-2-4-14-20/h6-13,20H,2-5,14H2,1H3. The van der Waals surface area contributed by atoms with Gasteiger partial charge in [0.1, 0.15) is 0 Å². The third kappa shape index (κ3) is 4.54. The lowest BCUT2D eigenvalue weighted by Gasteiger charge is -2.05. The Morgan fingerprint density at radius 2 is 1.43 bits per heavy atom. The molecule has 0 aliphatic heterocycles. The molecule has 0 saturated carbocycles. The van der Waals surface area contributed by atoms with Crippen LogP contribution in [0.25, 0.3) is 11.1 Å². The van der Waals surface area contributed by atoms with Crippen LogP contribution in [0.2, 0.25) is 0 Å². The zero-order chi connectivity index (χ0) is 15.1. The van der Waals surface area contributed by atoms with Gasteiger partial charge in [-0.3, -0.25) is 4.79 Å². The number of rotatable bonds is 7. The van der Waals surface area contributed by atoms with E-state index in [2.05, 4.69) is 24.3 Å². The number of carbonyl (C=O) groups excluding carboxylic acids is 1. The molecule has 0 aliphatic rings. The first-order chi connectivity index (χ1) is 10.2. The summed E-state index contributed by atoms with van der Waals surface area (Å²) in [7, 11) is 0. The maximum absolute atomic E-state index is 11.3. The van der Waals surface area contributed by atoms with Crippen LogP contribution in [-0.4, -0.2) is 17.5 Å². The molecule has 21 heavy (non-hydrogen) atoms. The van der Waals surface area contributed by atoms with Crippen LogP contribution in [0.1, 0.15) is 42.1 Å². The molecular formula is C19H22O2. The van der Waals surface area contributed by atoms with E-state index in [0.717, 1.165) is 36.8 Å². The van der Waals surface area contributed by atoms with Crippen LogP contribution in [-0.2, 0) is 6.42 Å². The summed E-state index contributed by atoms with van der Waals surface area (Å²) in [6.07, 6.45) is 4.14. The molecule has 0 heterocycles. The van der Waals surface area contributed by atoms with E-state index in [1.807, 2.05) is 24.3 Å². The van der Waals surface area contributed by atoms with Gasteiger partial charge in [0.05, 0.1) is 0 Å². The normalized spacial score (nSPS) is 10.6. The summed E-state index contributed by atoms with van der Waals surface area (Å²) in [6.45, 7) is 1.87. The molecule has 0 atom stereocenters. The lowest BCUT2D eigenvalue weighted by Crippen LogP contribution is -1.91. The van der Waals surface area contributed by atoms with Crippen molar-refractivity contribution in [2.75, 3.05) is 6.61 Å². The van der Waals surface area contributed by atoms with Gasteiger partial charge >= 0.3 is 0 Å². The maximum atomic E-state index is 11.3. The first-order valence-corrected chi connectivity index (χ1v) is 7.52. The van der Waals surface area contributed by atoms with Crippen molar-refractivity contribution in [2.45, 2.75) is 32.6 Å². The summed E-state index contributed by atoms with van der Waals surface area (Å²) in [5.41, 5.74) is 4.38. The Kier molecular flexibility index (Phi) is 5.70. The van der Waals surface area contributed by atoms with Crippen molar-refractivity contribution >= 4 is 5.78 Å². The summed E-state index contributed by atoms with van der Waals surface area (Å²) in [6, 6.07) is 16.3. The number of unbranched alkanes of at least 4 members (excludes halogenated alkanes) is 2. The molecule has 2 aromatic carbocycles. The zero-order valence-electron chi connectivity index (χ0n) is 12.5. The van der Waals surface area contributed by atoms with E-state index in [0.29, 0.717) is 0 Å². The molecule has 2 nitrogen and oxygen atoms in total. The Labute approximate surface area is 126 Å². The van der Waals surface area contributed by atoms with Gasteiger partial charge in [-0.1, -0.05) is 55.0 Å². The van der Waals surface area contributed by atoms with Crippen molar-refractivity contribution < 1.29 is 9.90 Å². The van der Waals surface area contributed by atoms with Gasteiger partial charge in [-0.2, -0.15) is 0 Å². The van der Waals surface area contributed by atoms with Gasteiger partial charge < -0.3 is 5.11 Å². The van der Waals surface area contributed by atoms with Gasteiger partial charge in [0.2, 0.25) is 0 Å². The quantitative estimate of drug-likeness (QED) is 0.608. The second-order valence-electron chi connectivity index (χ2n) is 5.36. The fourth-order valence-corrected chi connectivity index (χ4v) is 2.38. The van der Waals surface area contributed by atoms with E-state index in [9.17, 15) is 4.79 Å². The summed E-state index contributed by atoms with van der Waals surface area (Å²) in [5, 5.41) is 8.76. The van der Waals surface area contributed by atoms with E-state index < -0.39 is 0 Å². The van der Waals surface area contributed by atoms with Crippen molar-refractivity contribution in [1.29, 1.82) is 0 Å². The Hall–Kier alpha value is -1.93. The summed E-state index contributed by atoms with van der Waals surface area (Å²) >= 11 is 0. The number of aliphatic hydroxyl groups is 1. The first-order valence-electron chi connectivity index (χ1n) is 7.52. The van der Waals surface area contributed by atoms with Crippen LogP contribution >= 0.6 is 0 Å². The van der Waals surface area contributed by atoms with E-state index in [1.165, 1.54) is 11.1 Å². The van der Waals surface area contributed by atoms with Crippen molar-refractivity contribution in [3.63, 3.8) is 0 Å². The third-order valence-electron chi connectivity index (χ3n) is 3.70. The fourth-order valence-electron chi connectivity index (χ4n) is 2.38. The van der Waals surface area contributed by atoms with Crippen LogP contribution in [0.15, 0.2) is 48.5 Å². The molecule has 0 amide bonds. The Bertz CT molecular complexity index is 568. The van der Waals surface area contributed by atoms with Gasteiger partial charge in [0, 0.05) is 12.2 Å². The summed E-state index contributed by atoms with van der Waals surface area (Å²) < 4.78 is 0. The molecule has 0 bridgehead atoms. The van der Waals surface area contributed by atoms with E-state index in [1.54, 1.807) is 6.92 Å². The number of aryl methyl sites for hydroxylation is 1. The molecule has 0 spiro atoms. The number of carbonyl (C=O) groups is 1. The minimum Gasteiger partial charge on any atom is -0.396 e. The van der Waals surface area contributed by atoms with Crippen LogP contribution in [0.4, 0.5) is 0 Å². The minimum atomic E-state index is 0.0970. The molecule has 0 aromatic heterocycles. The van der Waals surface area contributed by atoms with Crippen molar-refractivity contribution in [3.05, 3.63) is 59.7 Å². The molecule has 2 aromatic rings.